The molecule has 2 nitrogen and oxygen atoms in total. The summed E-state index contributed by atoms with van der Waals surface area (Å²) in [6.45, 7) is 6.52. The molecule has 0 heterocycles. The first-order chi connectivity index (χ1) is 10.9. The summed E-state index contributed by atoms with van der Waals surface area (Å²) < 4.78 is 5.52. The van der Waals surface area contributed by atoms with Crippen molar-refractivity contribution < 1.29 is 9.53 Å². The monoisotopic (exact) mass is 314 g/mol. The molecular weight excluding hydrogens is 284 g/mol. The minimum atomic E-state index is -0.127. The van der Waals surface area contributed by atoms with Gasteiger partial charge in [0.25, 0.3) is 0 Å². The lowest BCUT2D eigenvalue weighted by Crippen LogP contribution is -2.49. The summed E-state index contributed by atoms with van der Waals surface area (Å²) in [6, 6.07) is 0. The zero-order valence-electron chi connectivity index (χ0n) is 14.8. The van der Waals surface area contributed by atoms with E-state index in [0.29, 0.717) is 10.8 Å². The van der Waals surface area contributed by atoms with Crippen LogP contribution in [0.1, 0.15) is 65.7 Å². The molecule has 0 aromatic carbocycles. The number of hydrogen-bond donors (Lipinski definition) is 0. The van der Waals surface area contributed by atoms with Crippen LogP contribution in [0.15, 0.2) is 23.8 Å². The standard InChI is InChI=1S/C21H30O2/c1-14(22)23-16-8-12-21(3)15(13-16)6-7-17-18-5-4-10-20(18,2)11-9-19(17)21/h4,6,10,16-19H,5,7-9,11-13H2,1-3H3/t16?,17-,18-,19-,20-,21-/m0/s1. The zero-order valence-corrected chi connectivity index (χ0v) is 14.8. The molecule has 6 atom stereocenters. The van der Waals surface area contributed by atoms with Crippen LogP contribution in [-0.4, -0.2) is 12.1 Å². The van der Waals surface area contributed by atoms with Gasteiger partial charge in [-0.25, -0.2) is 0 Å². The van der Waals surface area contributed by atoms with Crippen molar-refractivity contribution in [2.75, 3.05) is 0 Å². The summed E-state index contributed by atoms with van der Waals surface area (Å²) in [5.74, 6) is 2.40. The molecule has 4 aliphatic rings. The summed E-state index contributed by atoms with van der Waals surface area (Å²) in [4.78, 5) is 11.3. The van der Waals surface area contributed by atoms with E-state index in [9.17, 15) is 4.79 Å². The Balaban J connectivity index is 1.59. The maximum Gasteiger partial charge on any atom is 0.302 e. The van der Waals surface area contributed by atoms with Crippen LogP contribution in [0.2, 0.25) is 0 Å². The lowest BCUT2D eigenvalue weighted by molar-refractivity contribution is -0.148. The third-order valence-electron chi connectivity index (χ3n) is 7.72. The van der Waals surface area contributed by atoms with Gasteiger partial charge in [-0.05, 0) is 67.1 Å². The van der Waals surface area contributed by atoms with Crippen molar-refractivity contribution in [3.05, 3.63) is 23.8 Å². The minimum Gasteiger partial charge on any atom is -0.462 e. The SMILES string of the molecule is CC(=O)OC1CC[C@@]2(C)C(=CC[C@H]3[C@@H]4CC=C[C@@]4(C)CC[C@@H]32)C1. The number of ether oxygens (including phenoxy) is 1. The number of hydrogen-bond acceptors (Lipinski definition) is 2. The Morgan fingerprint density at radius 2 is 2.00 bits per heavy atom. The van der Waals surface area contributed by atoms with Gasteiger partial charge >= 0.3 is 5.97 Å². The van der Waals surface area contributed by atoms with Crippen LogP contribution in [0.3, 0.4) is 0 Å². The fraction of sp³-hybridized carbons (Fsp3) is 0.762. The predicted molar refractivity (Wildman–Crippen MR) is 91.8 cm³/mol. The Labute approximate surface area is 140 Å². The first-order valence-electron chi connectivity index (χ1n) is 9.47. The van der Waals surface area contributed by atoms with Crippen molar-refractivity contribution in [3.8, 4) is 0 Å². The molecule has 0 spiro atoms. The van der Waals surface area contributed by atoms with Gasteiger partial charge in [-0.1, -0.05) is 37.6 Å². The van der Waals surface area contributed by atoms with E-state index in [1.54, 1.807) is 5.57 Å². The van der Waals surface area contributed by atoms with Crippen molar-refractivity contribution in [1.82, 2.24) is 0 Å². The Hall–Kier alpha value is -1.05. The molecule has 0 saturated heterocycles. The Morgan fingerprint density at radius 1 is 1.17 bits per heavy atom. The first-order valence-corrected chi connectivity index (χ1v) is 9.47. The van der Waals surface area contributed by atoms with Crippen LogP contribution in [0.4, 0.5) is 0 Å². The summed E-state index contributed by atoms with van der Waals surface area (Å²) in [5.41, 5.74) is 2.40. The summed E-state index contributed by atoms with van der Waals surface area (Å²) in [6.07, 6.45) is 16.0. The van der Waals surface area contributed by atoms with Crippen LogP contribution < -0.4 is 0 Å². The quantitative estimate of drug-likeness (QED) is 0.500. The number of rotatable bonds is 1. The van der Waals surface area contributed by atoms with E-state index in [-0.39, 0.29) is 12.1 Å². The lowest BCUT2D eigenvalue weighted by Gasteiger charge is -2.57. The molecule has 126 valence electrons. The second-order valence-corrected chi connectivity index (χ2v) is 8.92. The number of carbonyl (C=O) groups is 1. The van der Waals surface area contributed by atoms with E-state index in [2.05, 4.69) is 32.1 Å². The van der Waals surface area contributed by atoms with Crippen LogP contribution in [-0.2, 0) is 9.53 Å². The van der Waals surface area contributed by atoms with E-state index in [1.807, 2.05) is 0 Å². The highest BCUT2D eigenvalue weighted by molar-refractivity contribution is 5.66. The normalized spacial score (nSPS) is 48.0. The number of fused-ring (bicyclic) bond motifs is 5. The maximum atomic E-state index is 11.3. The van der Waals surface area contributed by atoms with Gasteiger partial charge in [-0.15, -0.1) is 0 Å². The molecule has 0 aromatic rings. The fourth-order valence-corrected chi connectivity index (χ4v) is 6.45. The highest BCUT2D eigenvalue weighted by Crippen LogP contribution is 2.63. The van der Waals surface area contributed by atoms with Gasteiger partial charge in [0.05, 0.1) is 0 Å². The van der Waals surface area contributed by atoms with Crippen molar-refractivity contribution in [2.45, 2.75) is 71.8 Å². The largest absolute Gasteiger partial charge is 0.462 e. The second kappa shape index (κ2) is 5.22. The Bertz CT molecular complexity index is 574. The van der Waals surface area contributed by atoms with Gasteiger partial charge in [0, 0.05) is 13.3 Å². The van der Waals surface area contributed by atoms with Crippen molar-refractivity contribution in [1.29, 1.82) is 0 Å². The molecule has 0 aromatic heterocycles. The van der Waals surface area contributed by atoms with Crippen molar-refractivity contribution in [3.63, 3.8) is 0 Å². The molecule has 4 aliphatic carbocycles. The summed E-state index contributed by atoms with van der Waals surface area (Å²) in [7, 11) is 0. The predicted octanol–water partition coefficient (Wildman–Crippen LogP) is 5.05. The third-order valence-corrected chi connectivity index (χ3v) is 7.72. The summed E-state index contributed by atoms with van der Waals surface area (Å²) >= 11 is 0. The number of esters is 1. The highest BCUT2D eigenvalue weighted by atomic mass is 16.5. The van der Waals surface area contributed by atoms with Gasteiger partial charge < -0.3 is 4.74 Å². The second-order valence-electron chi connectivity index (χ2n) is 8.92. The zero-order chi connectivity index (χ0) is 16.2. The minimum absolute atomic E-state index is 0.116. The maximum absolute atomic E-state index is 11.3. The lowest BCUT2D eigenvalue weighted by atomic mass is 9.48. The molecule has 0 bridgehead atoms. The molecule has 4 rings (SSSR count). The molecule has 2 saturated carbocycles. The van der Waals surface area contributed by atoms with Crippen LogP contribution in [0, 0.1) is 28.6 Å². The van der Waals surface area contributed by atoms with Crippen molar-refractivity contribution in [2.24, 2.45) is 28.6 Å². The molecule has 23 heavy (non-hydrogen) atoms. The highest BCUT2D eigenvalue weighted by Gasteiger charge is 2.54. The summed E-state index contributed by atoms with van der Waals surface area (Å²) in [5, 5.41) is 0. The van der Waals surface area contributed by atoms with Gasteiger partial charge in [0.1, 0.15) is 6.10 Å². The molecular formula is C21H30O2. The van der Waals surface area contributed by atoms with Crippen LogP contribution in [0.25, 0.3) is 0 Å². The molecule has 1 unspecified atom stereocenters. The third kappa shape index (κ3) is 2.32. The van der Waals surface area contributed by atoms with Gasteiger partial charge in [0.15, 0.2) is 0 Å². The Morgan fingerprint density at radius 3 is 2.78 bits per heavy atom. The van der Waals surface area contributed by atoms with E-state index >= 15 is 0 Å². The van der Waals surface area contributed by atoms with Crippen molar-refractivity contribution >= 4 is 5.97 Å². The molecule has 0 N–H and O–H groups in total. The molecule has 2 heteroatoms. The van der Waals surface area contributed by atoms with Gasteiger partial charge in [-0.3, -0.25) is 4.79 Å². The van der Waals surface area contributed by atoms with E-state index < -0.39 is 0 Å². The van der Waals surface area contributed by atoms with E-state index in [1.165, 1.54) is 39.0 Å². The van der Waals surface area contributed by atoms with Gasteiger partial charge in [-0.2, -0.15) is 0 Å². The average Bonchev–Trinajstić information content (AvgIpc) is 2.89. The van der Waals surface area contributed by atoms with Crippen LogP contribution in [0.5, 0.6) is 0 Å². The topological polar surface area (TPSA) is 26.3 Å². The van der Waals surface area contributed by atoms with E-state index in [4.69, 9.17) is 4.74 Å². The van der Waals surface area contributed by atoms with Gasteiger partial charge in [0.2, 0.25) is 0 Å². The Kier molecular flexibility index (Phi) is 3.52. The molecule has 2 fully saturated rings. The molecule has 0 amide bonds. The molecule has 0 aliphatic heterocycles. The molecule has 0 radical (unpaired) electrons. The van der Waals surface area contributed by atoms with Crippen LogP contribution >= 0.6 is 0 Å². The van der Waals surface area contributed by atoms with E-state index in [0.717, 1.165) is 30.6 Å². The first kappa shape index (κ1) is 15.5. The average molecular weight is 314 g/mol. The fourth-order valence-electron chi connectivity index (χ4n) is 6.45. The number of allylic oxidation sites excluding steroid dienone is 3. The number of carbonyl (C=O) groups excluding carboxylic acids is 1. The smallest absolute Gasteiger partial charge is 0.302 e.